The number of ether oxygens (including phenoxy) is 2. The summed E-state index contributed by atoms with van der Waals surface area (Å²) in [6.07, 6.45) is 2.57. The standard InChI is InChI=1S/C17H28N2O2S/c1-20-9-7-18-8-10-21-15-17(13-18)5-3-6-19(14-17)12-16-4-2-11-22-16/h2,4,11H,3,5-10,12-15H2,1H3/t17-/m0/s1. The molecule has 22 heavy (non-hydrogen) atoms. The van der Waals surface area contributed by atoms with Gasteiger partial charge in [-0.2, -0.15) is 0 Å². The third-order valence-electron chi connectivity index (χ3n) is 4.83. The fourth-order valence-corrected chi connectivity index (χ4v) is 4.55. The van der Waals surface area contributed by atoms with E-state index >= 15 is 0 Å². The molecule has 3 heterocycles. The van der Waals surface area contributed by atoms with Crippen LogP contribution in [0.1, 0.15) is 17.7 Å². The zero-order chi connectivity index (χ0) is 15.3. The van der Waals surface area contributed by atoms with Crippen LogP contribution >= 0.6 is 11.3 Å². The Balaban J connectivity index is 1.62. The maximum atomic E-state index is 5.98. The molecule has 0 radical (unpaired) electrons. The summed E-state index contributed by atoms with van der Waals surface area (Å²) in [5.41, 5.74) is 0.305. The Morgan fingerprint density at radius 3 is 3.05 bits per heavy atom. The first-order valence-corrected chi connectivity index (χ1v) is 9.21. The molecule has 0 saturated carbocycles. The third kappa shape index (κ3) is 4.30. The first kappa shape index (κ1) is 16.4. The van der Waals surface area contributed by atoms with E-state index in [0.717, 1.165) is 52.5 Å². The van der Waals surface area contributed by atoms with Gasteiger partial charge in [0.05, 0.1) is 19.8 Å². The molecule has 0 unspecified atom stereocenters. The molecule has 124 valence electrons. The molecule has 4 nitrogen and oxygen atoms in total. The highest BCUT2D eigenvalue weighted by Gasteiger charge is 2.38. The summed E-state index contributed by atoms with van der Waals surface area (Å²) in [5.74, 6) is 0. The van der Waals surface area contributed by atoms with E-state index in [9.17, 15) is 0 Å². The lowest BCUT2D eigenvalue weighted by Crippen LogP contribution is -2.50. The van der Waals surface area contributed by atoms with Crippen LogP contribution in [0.2, 0.25) is 0 Å². The number of nitrogens with zero attached hydrogens (tertiary/aromatic N) is 2. The van der Waals surface area contributed by atoms with Gasteiger partial charge in [-0.1, -0.05) is 6.07 Å². The Hall–Kier alpha value is -0.460. The molecule has 2 saturated heterocycles. The SMILES string of the molecule is COCCN1CCOC[C@@]2(CCCN(Cc3cccs3)C2)C1. The molecular weight excluding hydrogens is 296 g/mol. The van der Waals surface area contributed by atoms with Crippen molar-refractivity contribution in [2.24, 2.45) is 5.41 Å². The van der Waals surface area contributed by atoms with Gasteiger partial charge >= 0.3 is 0 Å². The highest BCUT2D eigenvalue weighted by molar-refractivity contribution is 7.09. The Labute approximate surface area is 138 Å². The van der Waals surface area contributed by atoms with Gasteiger partial charge in [-0.15, -0.1) is 11.3 Å². The lowest BCUT2D eigenvalue weighted by atomic mass is 9.80. The molecule has 1 aromatic heterocycles. The molecule has 0 N–H and O–H groups in total. The van der Waals surface area contributed by atoms with E-state index in [0.29, 0.717) is 5.41 Å². The molecule has 2 aliphatic heterocycles. The van der Waals surface area contributed by atoms with Crippen LogP contribution < -0.4 is 0 Å². The van der Waals surface area contributed by atoms with Crippen molar-refractivity contribution in [1.82, 2.24) is 9.80 Å². The lowest BCUT2D eigenvalue weighted by Gasteiger charge is -2.43. The van der Waals surface area contributed by atoms with Gasteiger partial charge in [0, 0.05) is 50.1 Å². The molecule has 3 rings (SSSR count). The van der Waals surface area contributed by atoms with Crippen molar-refractivity contribution in [2.75, 3.05) is 59.7 Å². The number of likely N-dealkylation sites (tertiary alicyclic amines) is 1. The van der Waals surface area contributed by atoms with Gasteiger partial charge in [-0.05, 0) is 30.8 Å². The van der Waals surface area contributed by atoms with E-state index in [1.165, 1.54) is 24.3 Å². The third-order valence-corrected chi connectivity index (χ3v) is 5.69. The smallest absolute Gasteiger partial charge is 0.0593 e. The average molecular weight is 324 g/mol. The average Bonchev–Trinajstić information content (AvgIpc) is 2.94. The fourth-order valence-electron chi connectivity index (χ4n) is 3.81. The quantitative estimate of drug-likeness (QED) is 0.830. The predicted molar refractivity (Wildman–Crippen MR) is 90.4 cm³/mol. The molecule has 2 fully saturated rings. The van der Waals surface area contributed by atoms with Gasteiger partial charge in [-0.3, -0.25) is 9.80 Å². The van der Waals surface area contributed by atoms with Crippen molar-refractivity contribution in [1.29, 1.82) is 0 Å². The zero-order valence-electron chi connectivity index (χ0n) is 13.6. The van der Waals surface area contributed by atoms with Crippen molar-refractivity contribution < 1.29 is 9.47 Å². The van der Waals surface area contributed by atoms with Crippen LogP contribution in [0.3, 0.4) is 0 Å². The van der Waals surface area contributed by atoms with Crippen molar-refractivity contribution in [2.45, 2.75) is 19.4 Å². The van der Waals surface area contributed by atoms with Gasteiger partial charge in [0.15, 0.2) is 0 Å². The monoisotopic (exact) mass is 324 g/mol. The highest BCUT2D eigenvalue weighted by Crippen LogP contribution is 2.33. The Kier molecular flexibility index (Phi) is 5.88. The summed E-state index contributed by atoms with van der Waals surface area (Å²) in [4.78, 5) is 6.63. The minimum absolute atomic E-state index is 0.305. The Bertz CT molecular complexity index is 440. The molecule has 0 bridgehead atoms. The lowest BCUT2D eigenvalue weighted by molar-refractivity contribution is 0.00193. The van der Waals surface area contributed by atoms with Crippen LogP contribution in [0.15, 0.2) is 17.5 Å². The van der Waals surface area contributed by atoms with Crippen LogP contribution in [-0.4, -0.2) is 69.5 Å². The maximum absolute atomic E-state index is 5.98. The van der Waals surface area contributed by atoms with Crippen molar-refractivity contribution in [3.8, 4) is 0 Å². The van der Waals surface area contributed by atoms with Crippen LogP contribution in [0.25, 0.3) is 0 Å². The minimum Gasteiger partial charge on any atom is -0.383 e. The molecule has 1 aromatic rings. The molecule has 0 amide bonds. The van der Waals surface area contributed by atoms with E-state index < -0.39 is 0 Å². The number of hydrogen-bond acceptors (Lipinski definition) is 5. The van der Waals surface area contributed by atoms with Gasteiger partial charge in [0.2, 0.25) is 0 Å². The van der Waals surface area contributed by atoms with Gasteiger partial charge < -0.3 is 9.47 Å². The molecule has 1 spiro atoms. The zero-order valence-corrected chi connectivity index (χ0v) is 14.4. The normalized spacial score (nSPS) is 28.0. The van der Waals surface area contributed by atoms with E-state index in [-0.39, 0.29) is 0 Å². The van der Waals surface area contributed by atoms with E-state index in [1.54, 1.807) is 7.11 Å². The first-order chi connectivity index (χ1) is 10.8. The largest absolute Gasteiger partial charge is 0.383 e. The molecule has 5 heteroatoms. The topological polar surface area (TPSA) is 24.9 Å². The van der Waals surface area contributed by atoms with Crippen LogP contribution in [0.4, 0.5) is 0 Å². The molecule has 0 aromatic carbocycles. The number of piperidine rings is 1. The maximum Gasteiger partial charge on any atom is 0.0593 e. The van der Waals surface area contributed by atoms with Crippen molar-refractivity contribution in [3.05, 3.63) is 22.4 Å². The summed E-state index contributed by atoms with van der Waals surface area (Å²) in [7, 11) is 1.79. The van der Waals surface area contributed by atoms with E-state index in [4.69, 9.17) is 9.47 Å². The minimum atomic E-state index is 0.305. The van der Waals surface area contributed by atoms with Crippen LogP contribution in [0, 0.1) is 5.41 Å². The van der Waals surface area contributed by atoms with E-state index in [1.807, 2.05) is 11.3 Å². The van der Waals surface area contributed by atoms with Gasteiger partial charge in [0.1, 0.15) is 0 Å². The first-order valence-electron chi connectivity index (χ1n) is 8.33. The van der Waals surface area contributed by atoms with Crippen LogP contribution in [0.5, 0.6) is 0 Å². The molecule has 0 aliphatic carbocycles. The van der Waals surface area contributed by atoms with Crippen molar-refractivity contribution >= 4 is 11.3 Å². The molecule has 2 aliphatic rings. The summed E-state index contributed by atoms with van der Waals surface area (Å²) < 4.78 is 11.2. The van der Waals surface area contributed by atoms with Gasteiger partial charge in [-0.25, -0.2) is 0 Å². The number of thiophene rings is 1. The fraction of sp³-hybridized carbons (Fsp3) is 0.765. The Morgan fingerprint density at radius 1 is 1.32 bits per heavy atom. The highest BCUT2D eigenvalue weighted by atomic mass is 32.1. The second-order valence-electron chi connectivity index (χ2n) is 6.72. The summed E-state index contributed by atoms with van der Waals surface area (Å²) in [6.45, 7) is 9.27. The molecular formula is C17H28N2O2S. The number of rotatable bonds is 5. The predicted octanol–water partition coefficient (Wildman–Crippen LogP) is 2.31. The summed E-state index contributed by atoms with van der Waals surface area (Å²) in [5, 5.41) is 2.18. The van der Waals surface area contributed by atoms with Crippen LogP contribution in [-0.2, 0) is 16.0 Å². The number of methoxy groups -OCH3 is 1. The summed E-state index contributed by atoms with van der Waals surface area (Å²) >= 11 is 1.87. The number of hydrogen-bond donors (Lipinski definition) is 0. The second-order valence-corrected chi connectivity index (χ2v) is 7.75. The molecule has 1 atom stereocenters. The second kappa shape index (κ2) is 7.88. The summed E-state index contributed by atoms with van der Waals surface area (Å²) in [6, 6.07) is 4.40. The van der Waals surface area contributed by atoms with Crippen molar-refractivity contribution in [3.63, 3.8) is 0 Å². The van der Waals surface area contributed by atoms with Gasteiger partial charge in [0.25, 0.3) is 0 Å². The Morgan fingerprint density at radius 2 is 2.23 bits per heavy atom. The van der Waals surface area contributed by atoms with E-state index in [2.05, 4.69) is 27.3 Å².